The number of furan rings is 1. The molecule has 2 amide bonds. The van der Waals surface area contributed by atoms with Crippen LogP contribution in [0.1, 0.15) is 36.2 Å². The molecule has 0 aliphatic heterocycles. The zero-order chi connectivity index (χ0) is 22.7. The third-order valence-electron chi connectivity index (χ3n) is 5.39. The minimum Gasteiger partial charge on any atom is -0.484 e. The molecule has 1 aliphatic rings. The van der Waals surface area contributed by atoms with Gasteiger partial charge < -0.3 is 19.8 Å². The van der Waals surface area contributed by atoms with Crippen LogP contribution in [0.25, 0.3) is 11.0 Å². The molecule has 2 aromatic carbocycles. The Kier molecular flexibility index (Phi) is 6.86. The third kappa shape index (κ3) is 5.53. The molecule has 3 aromatic rings. The van der Waals surface area contributed by atoms with Crippen LogP contribution >= 0.6 is 23.2 Å². The van der Waals surface area contributed by atoms with E-state index in [0.29, 0.717) is 10.6 Å². The topological polar surface area (TPSA) is 80.6 Å². The van der Waals surface area contributed by atoms with Crippen molar-refractivity contribution in [2.24, 2.45) is 0 Å². The molecule has 1 saturated carbocycles. The Balaban J connectivity index is 1.21. The van der Waals surface area contributed by atoms with Gasteiger partial charge in [-0.25, -0.2) is 4.39 Å². The smallest absolute Gasteiger partial charge is 0.287 e. The van der Waals surface area contributed by atoms with Gasteiger partial charge in [0.1, 0.15) is 17.1 Å². The van der Waals surface area contributed by atoms with Gasteiger partial charge in [-0.05, 0) is 62.1 Å². The fraction of sp³-hybridized carbons (Fsp3) is 0.304. The minimum absolute atomic E-state index is 0.000690. The number of hydrogen-bond acceptors (Lipinski definition) is 4. The molecule has 1 fully saturated rings. The molecule has 9 heteroatoms. The molecule has 168 valence electrons. The predicted molar refractivity (Wildman–Crippen MR) is 120 cm³/mol. The van der Waals surface area contributed by atoms with Crippen molar-refractivity contribution in [3.05, 3.63) is 64.1 Å². The Bertz CT molecular complexity index is 1140. The lowest BCUT2D eigenvalue weighted by atomic mass is 9.91. The van der Waals surface area contributed by atoms with E-state index in [4.69, 9.17) is 32.4 Å². The summed E-state index contributed by atoms with van der Waals surface area (Å²) in [5.41, 5.74) is 0.606. The van der Waals surface area contributed by atoms with E-state index < -0.39 is 5.82 Å². The van der Waals surface area contributed by atoms with Crippen LogP contribution in [0, 0.1) is 5.82 Å². The maximum Gasteiger partial charge on any atom is 0.287 e. The normalized spacial score (nSPS) is 18.3. The van der Waals surface area contributed by atoms with Crippen LogP contribution in [-0.4, -0.2) is 30.5 Å². The van der Waals surface area contributed by atoms with Crippen LogP contribution in [0.4, 0.5) is 4.39 Å². The van der Waals surface area contributed by atoms with Crippen molar-refractivity contribution in [2.75, 3.05) is 6.61 Å². The van der Waals surface area contributed by atoms with Crippen LogP contribution in [0.2, 0.25) is 10.0 Å². The van der Waals surface area contributed by atoms with Crippen LogP contribution in [-0.2, 0) is 4.79 Å². The number of nitrogens with one attached hydrogen (secondary N) is 2. The van der Waals surface area contributed by atoms with Crippen LogP contribution in [0.5, 0.6) is 5.75 Å². The van der Waals surface area contributed by atoms with Gasteiger partial charge in [-0.2, -0.15) is 0 Å². The van der Waals surface area contributed by atoms with Gasteiger partial charge >= 0.3 is 0 Å². The van der Waals surface area contributed by atoms with Gasteiger partial charge in [0, 0.05) is 28.6 Å². The molecule has 0 unspecified atom stereocenters. The number of fused-ring (bicyclic) bond motifs is 1. The highest BCUT2D eigenvalue weighted by atomic mass is 35.5. The van der Waals surface area contributed by atoms with Crippen molar-refractivity contribution in [1.82, 2.24) is 10.6 Å². The van der Waals surface area contributed by atoms with E-state index >= 15 is 0 Å². The number of amides is 2. The molecule has 1 aliphatic carbocycles. The summed E-state index contributed by atoms with van der Waals surface area (Å²) in [6.07, 6.45) is 2.90. The summed E-state index contributed by atoms with van der Waals surface area (Å²) >= 11 is 11.6. The summed E-state index contributed by atoms with van der Waals surface area (Å²) in [7, 11) is 0. The number of ether oxygens (including phenoxy) is 1. The molecular formula is C23H21Cl2FN2O4. The number of carbonyl (C=O) groups excluding carboxylic acids is 2. The standard InChI is InChI=1S/C23H21Cl2FN2O4/c24-14-1-8-20-13(9-14)10-21(32-20)23(30)28-16-4-2-15(3-5-16)27-22(29)12-31-17-6-7-18(25)19(26)11-17/h1,6-11,15-16H,2-5,12H2,(H,27,29)(H,28,30)/t15-,16-. The summed E-state index contributed by atoms with van der Waals surface area (Å²) in [4.78, 5) is 24.7. The van der Waals surface area contributed by atoms with E-state index in [9.17, 15) is 14.0 Å². The average Bonchev–Trinajstić information content (AvgIpc) is 3.19. The number of rotatable bonds is 6. The van der Waals surface area contributed by atoms with E-state index in [1.54, 1.807) is 24.3 Å². The number of halogens is 3. The van der Waals surface area contributed by atoms with E-state index in [-0.39, 0.29) is 47.0 Å². The van der Waals surface area contributed by atoms with E-state index in [2.05, 4.69) is 10.6 Å². The number of hydrogen-bond donors (Lipinski definition) is 2. The summed E-state index contributed by atoms with van der Waals surface area (Å²) in [5, 5.41) is 7.26. The average molecular weight is 479 g/mol. The Morgan fingerprint density at radius 1 is 1.00 bits per heavy atom. The molecule has 32 heavy (non-hydrogen) atoms. The van der Waals surface area contributed by atoms with Gasteiger partial charge in [-0.3, -0.25) is 9.59 Å². The van der Waals surface area contributed by atoms with Crippen LogP contribution in [0.15, 0.2) is 46.9 Å². The van der Waals surface area contributed by atoms with Crippen LogP contribution in [0.3, 0.4) is 0 Å². The van der Waals surface area contributed by atoms with Gasteiger partial charge in [-0.1, -0.05) is 23.2 Å². The number of carbonyl (C=O) groups is 2. The van der Waals surface area contributed by atoms with Gasteiger partial charge in [0.15, 0.2) is 12.4 Å². The maximum atomic E-state index is 13.4. The van der Waals surface area contributed by atoms with E-state index in [1.165, 1.54) is 12.1 Å². The zero-order valence-electron chi connectivity index (χ0n) is 17.0. The fourth-order valence-electron chi connectivity index (χ4n) is 3.75. The van der Waals surface area contributed by atoms with Gasteiger partial charge in [0.05, 0.1) is 5.02 Å². The van der Waals surface area contributed by atoms with Crippen molar-refractivity contribution < 1.29 is 23.1 Å². The third-order valence-corrected chi connectivity index (χ3v) is 5.93. The lowest BCUT2D eigenvalue weighted by Crippen LogP contribution is -2.44. The fourth-order valence-corrected chi connectivity index (χ4v) is 4.05. The Morgan fingerprint density at radius 2 is 1.72 bits per heavy atom. The highest BCUT2D eigenvalue weighted by molar-refractivity contribution is 6.31. The minimum atomic E-state index is -0.601. The summed E-state index contributed by atoms with van der Waals surface area (Å²) in [6, 6.07) is 10.9. The number of benzene rings is 2. The summed E-state index contributed by atoms with van der Waals surface area (Å²) in [5.74, 6) is -0.673. The first-order valence-corrected chi connectivity index (χ1v) is 11.0. The molecule has 0 atom stereocenters. The molecule has 0 radical (unpaired) electrons. The first-order valence-electron chi connectivity index (χ1n) is 10.2. The van der Waals surface area contributed by atoms with Crippen molar-refractivity contribution in [3.63, 3.8) is 0 Å². The van der Waals surface area contributed by atoms with Crippen LogP contribution < -0.4 is 15.4 Å². The Hall–Kier alpha value is -2.77. The second kappa shape index (κ2) is 9.79. The maximum absolute atomic E-state index is 13.4. The first-order chi connectivity index (χ1) is 15.4. The van der Waals surface area contributed by atoms with Crippen molar-refractivity contribution in [2.45, 2.75) is 37.8 Å². The largest absolute Gasteiger partial charge is 0.484 e. The molecule has 0 saturated heterocycles. The highest BCUT2D eigenvalue weighted by Gasteiger charge is 2.25. The molecule has 4 rings (SSSR count). The zero-order valence-corrected chi connectivity index (χ0v) is 18.5. The first kappa shape index (κ1) is 22.4. The molecule has 6 nitrogen and oxygen atoms in total. The molecule has 2 N–H and O–H groups in total. The molecule has 1 aromatic heterocycles. The second-order valence-electron chi connectivity index (χ2n) is 7.75. The molecule has 0 bridgehead atoms. The monoisotopic (exact) mass is 478 g/mol. The van der Waals surface area contributed by atoms with Gasteiger partial charge in [-0.15, -0.1) is 0 Å². The molecular weight excluding hydrogens is 458 g/mol. The van der Waals surface area contributed by atoms with E-state index in [1.807, 2.05) is 0 Å². The summed E-state index contributed by atoms with van der Waals surface area (Å²) in [6.45, 7) is -0.214. The van der Waals surface area contributed by atoms with E-state index in [0.717, 1.165) is 37.1 Å². The predicted octanol–water partition coefficient (Wildman–Crippen LogP) is 5.11. The Morgan fingerprint density at radius 3 is 2.44 bits per heavy atom. The molecule has 0 spiro atoms. The van der Waals surface area contributed by atoms with Gasteiger partial charge in [0.25, 0.3) is 11.8 Å². The van der Waals surface area contributed by atoms with Crippen molar-refractivity contribution in [1.29, 1.82) is 0 Å². The second-order valence-corrected chi connectivity index (χ2v) is 8.59. The quantitative estimate of drug-likeness (QED) is 0.515. The highest BCUT2D eigenvalue weighted by Crippen LogP contribution is 2.24. The Labute approximate surface area is 194 Å². The lowest BCUT2D eigenvalue weighted by molar-refractivity contribution is -0.124. The van der Waals surface area contributed by atoms with Gasteiger partial charge in [0.2, 0.25) is 0 Å². The van der Waals surface area contributed by atoms with Crippen molar-refractivity contribution in [3.8, 4) is 5.75 Å². The summed E-state index contributed by atoms with van der Waals surface area (Å²) < 4.78 is 24.3. The SMILES string of the molecule is O=C(COc1ccc(Cl)c(F)c1)N[C@H]1CC[C@H](NC(=O)c2cc3cc(Cl)ccc3o2)CC1. The van der Waals surface area contributed by atoms with Crippen molar-refractivity contribution >= 4 is 46.0 Å². The molecule has 1 heterocycles. The lowest BCUT2D eigenvalue weighted by Gasteiger charge is -2.29.